The van der Waals surface area contributed by atoms with Gasteiger partial charge < -0.3 is 0 Å². The number of fused-ring (bicyclic) bond motifs is 1. The molecule has 2 nitrogen and oxygen atoms in total. The molecule has 0 spiro atoms. The van der Waals surface area contributed by atoms with Crippen LogP contribution < -0.4 is 0 Å². The van der Waals surface area contributed by atoms with Gasteiger partial charge in [0.05, 0.1) is 0 Å². The van der Waals surface area contributed by atoms with Crippen LogP contribution in [0.3, 0.4) is 0 Å². The number of rotatable bonds is 2. The number of benzene rings is 1. The van der Waals surface area contributed by atoms with Crippen molar-refractivity contribution in [2.75, 3.05) is 0 Å². The molecule has 0 atom stereocenters. The number of aryl methyl sites for hydroxylation is 1. The molecule has 0 saturated heterocycles. The smallest absolute Gasteiger partial charge is 0.136 e. The average molecular weight is 273 g/mol. The standard InChI is InChI=1S/C16H17ClN2/c17-16-13-9-5-2-6-10-14(13)18-15(19-16)11-12-7-3-1-4-8-12/h1,3-4,7-8H,2,5-6,9-11H2. The van der Waals surface area contributed by atoms with Crippen molar-refractivity contribution >= 4 is 11.6 Å². The summed E-state index contributed by atoms with van der Waals surface area (Å²) in [4.78, 5) is 9.21. The van der Waals surface area contributed by atoms with E-state index in [4.69, 9.17) is 16.6 Å². The Balaban J connectivity index is 1.91. The number of nitrogens with zero attached hydrogens (tertiary/aromatic N) is 2. The molecule has 1 aromatic carbocycles. The Morgan fingerprint density at radius 3 is 2.58 bits per heavy atom. The van der Waals surface area contributed by atoms with E-state index < -0.39 is 0 Å². The molecule has 1 aliphatic rings. The van der Waals surface area contributed by atoms with Crippen LogP contribution in [0.5, 0.6) is 0 Å². The molecule has 1 aromatic heterocycles. The summed E-state index contributed by atoms with van der Waals surface area (Å²) < 4.78 is 0. The third-order valence-corrected chi connectivity index (χ3v) is 3.95. The first-order valence-corrected chi connectivity index (χ1v) is 7.29. The third kappa shape index (κ3) is 2.95. The maximum atomic E-state index is 6.33. The van der Waals surface area contributed by atoms with Gasteiger partial charge in [-0.25, -0.2) is 9.97 Å². The quantitative estimate of drug-likeness (QED) is 0.610. The van der Waals surface area contributed by atoms with Crippen LogP contribution in [0.25, 0.3) is 0 Å². The minimum atomic E-state index is 0.665. The van der Waals surface area contributed by atoms with Crippen LogP contribution in [-0.2, 0) is 19.3 Å². The van der Waals surface area contributed by atoms with E-state index in [1.54, 1.807) is 0 Å². The van der Waals surface area contributed by atoms with E-state index >= 15 is 0 Å². The minimum absolute atomic E-state index is 0.665. The maximum Gasteiger partial charge on any atom is 0.136 e. The lowest BCUT2D eigenvalue weighted by Gasteiger charge is -2.09. The van der Waals surface area contributed by atoms with E-state index in [0.717, 1.165) is 25.1 Å². The molecule has 3 heteroatoms. The average Bonchev–Trinajstić information content (AvgIpc) is 2.65. The second kappa shape index (κ2) is 5.70. The van der Waals surface area contributed by atoms with Gasteiger partial charge in [0, 0.05) is 17.7 Å². The molecule has 0 amide bonds. The third-order valence-electron chi connectivity index (χ3n) is 3.63. The summed E-state index contributed by atoms with van der Waals surface area (Å²) in [5.74, 6) is 0.844. The molecular formula is C16H17ClN2. The van der Waals surface area contributed by atoms with Crippen LogP contribution in [0.2, 0.25) is 5.15 Å². The maximum absolute atomic E-state index is 6.33. The van der Waals surface area contributed by atoms with Gasteiger partial charge in [-0.3, -0.25) is 0 Å². The largest absolute Gasteiger partial charge is 0.237 e. The number of halogens is 1. The lowest BCUT2D eigenvalue weighted by molar-refractivity contribution is 0.708. The molecule has 19 heavy (non-hydrogen) atoms. The number of hydrogen-bond acceptors (Lipinski definition) is 2. The van der Waals surface area contributed by atoms with Crippen molar-refractivity contribution in [1.82, 2.24) is 9.97 Å². The van der Waals surface area contributed by atoms with Crippen LogP contribution in [0.15, 0.2) is 30.3 Å². The van der Waals surface area contributed by atoms with Gasteiger partial charge in [0.25, 0.3) is 0 Å². The van der Waals surface area contributed by atoms with Gasteiger partial charge in [-0.15, -0.1) is 0 Å². The Labute approximate surface area is 118 Å². The molecule has 3 rings (SSSR count). The zero-order valence-corrected chi connectivity index (χ0v) is 11.7. The van der Waals surface area contributed by atoms with Crippen LogP contribution >= 0.6 is 11.6 Å². The van der Waals surface area contributed by atoms with E-state index in [1.165, 1.54) is 36.1 Å². The van der Waals surface area contributed by atoms with Crippen molar-refractivity contribution in [1.29, 1.82) is 0 Å². The second-order valence-corrected chi connectivity index (χ2v) is 5.44. The first-order valence-electron chi connectivity index (χ1n) is 6.91. The molecule has 0 fully saturated rings. The molecule has 0 aliphatic heterocycles. The highest BCUT2D eigenvalue weighted by Crippen LogP contribution is 2.25. The second-order valence-electron chi connectivity index (χ2n) is 5.08. The van der Waals surface area contributed by atoms with E-state index in [9.17, 15) is 0 Å². The van der Waals surface area contributed by atoms with Gasteiger partial charge in [-0.2, -0.15) is 0 Å². The Hall–Kier alpha value is -1.41. The predicted molar refractivity (Wildman–Crippen MR) is 77.5 cm³/mol. The lowest BCUT2D eigenvalue weighted by Crippen LogP contribution is -2.05. The van der Waals surface area contributed by atoms with E-state index in [2.05, 4.69) is 17.1 Å². The van der Waals surface area contributed by atoms with Crippen LogP contribution in [0, 0.1) is 0 Å². The molecule has 1 heterocycles. The summed E-state index contributed by atoms with van der Waals surface area (Å²) in [6.45, 7) is 0. The molecular weight excluding hydrogens is 256 g/mol. The Morgan fingerprint density at radius 1 is 0.947 bits per heavy atom. The Kier molecular flexibility index (Phi) is 3.79. The molecule has 1 aliphatic carbocycles. The minimum Gasteiger partial charge on any atom is -0.237 e. The van der Waals surface area contributed by atoms with Gasteiger partial charge in [0.2, 0.25) is 0 Å². The summed E-state index contributed by atoms with van der Waals surface area (Å²) in [5.41, 5.74) is 3.58. The highest BCUT2D eigenvalue weighted by atomic mass is 35.5. The fraction of sp³-hybridized carbons (Fsp3) is 0.375. The SMILES string of the molecule is Clc1nc(Cc2ccccc2)nc2c1CCCCC2. The van der Waals surface area contributed by atoms with Gasteiger partial charge >= 0.3 is 0 Å². The summed E-state index contributed by atoms with van der Waals surface area (Å²) in [6.07, 6.45) is 6.51. The fourth-order valence-electron chi connectivity index (χ4n) is 2.63. The van der Waals surface area contributed by atoms with Crippen molar-refractivity contribution in [3.05, 3.63) is 58.1 Å². The Bertz CT molecular complexity index is 566. The number of aromatic nitrogens is 2. The van der Waals surface area contributed by atoms with E-state index in [0.29, 0.717) is 5.15 Å². The summed E-state index contributed by atoms with van der Waals surface area (Å²) in [6, 6.07) is 10.3. The normalized spacial score (nSPS) is 14.8. The monoisotopic (exact) mass is 272 g/mol. The van der Waals surface area contributed by atoms with Gasteiger partial charge in [-0.1, -0.05) is 48.4 Å². The zero-order valence-electron chi connectivity index (χ0n) is 10.9. The van der Waals surface area contributed by atoms with Crippen LogP contribution in [0.4, 0.5) is 0 Å². The van der Waals surface area contributed by atoms with Crippen molar-refractivity contribution in [2.24, 2.45) is 0 Å². The Morgan fingerprint density at radius 2 is 1.74 bits per heavy atom. The highest BCUT2D eigenvalue weighted by Gasteiger charge is 2.15. The van der Waals surface area contributed by atoms with Crippen molar-refractivity contribution in [2.45, 2.75) is 38.5 Å². The van der Waals surface area contributed by atoms with Gasteiger partial charge in [-0.05, 0) is 31.2 Å². The molecule has 2 aromatic rings. The highest BCUT2D eigenvalue weighted by molar-refractivity contribution is 6.30. The van der Waals surface area contributed by atoms with Crippen LogP contribution in [0.1, 0.15) is 41.9 Å². The van der Waals surface area contributed by atoms with E-state index in [-0.39, 0.29) is 0 Å². The van der Waals surface area contributed by atoms with Crippen molar-refractivity contribution < 1.29 is 0 Å². The molecule has 0 unspecified atom stereocenters. The summed E-state index contributed by atoms with van der Waals surface area (Å²) >= 11 is 6.33. The zero-order chi connectivity index (χ0) is 13.1. The van der Waals surface area contributed by atoms with Gasteiger partial charge in [0.15, 0.2) is 0 Å². The van der Waals surface area contributed by atoms with Crippen LogP contribution in [-0.4, -0.2) is 9.97 Å². The lowest BCUT2D eigenvalue weighted by atomic mass is 10.1. The fourth-order valence-corrected chi connectivity index (χ4v) is 2.93. The first-order chi connectivity index (χ1) is 9.33. The first kappa shape index (κ1) is 12.6. The molecule has 0 saturated carbocycles. The molecule has 0 radical (unpaired) electrons. The molecule has 98 valence electrons. The van der Waals surface area contributed by atoms with E-state index in [1.807, 2.05) is 18.2 Å². The molecule has 0 N–H and O–H groups in total. The number of hydrogen-bond donors (Lipinski definition) is 0. The topological polar surface area (TPSA) is 25.8 Å². The predicted octanol–water partition coefficient (Wildman–Crippen LogP) is 3.99. The van der Waals surface area contributed by atoms with Gasteiger partial charge in [0.1, 0.15) is 11.0 Å². The summed E-state index contributed by atoms with van der Waals surface area (Å²) in [7, 11) is 0. The van der Waals surface area contributed by atoms with Crippen molar-refractivity contribution in [3.63, 3.8) is 0 Å². The molecule has 0 bridgehead atoms. The summed E-state index contributed by atoms with van der Waals surface area (Å²) in [5, 5.41) is 0.665. The van der Waals surface area contributed by atoms with Crippen molar-refractivity contribution in [3.8, 4) is 0 Å².